The van der Waals surface area contributed by atoms with Crippen molar-refractivity contribution >= 4 is 33.6 Å². The number of rotatable bonds is 6. The maximum Gasteiger partial charge on any atom is 0.332 e. The summed E-state index contributed by atoms with van der Waals surface area (Å²) in [6.45, 7) is 2.80. The summed E-state index contributed by atoms with van der Waals surface area (Å²) < 4.78 is 27.2. The molecule has 2 aromatic rings. The number of carbonyl (C=O) groups excluding carboxylic acids is 2. The number of aryl methyl sites for hydroxylation is 1. The van der Waals surface area contributed by atoms with E-state index < -0.39 is 28.0 Å². The molecule has 0 spiro atoms. The van der Waals surface area contributed by atoms with Crippen LogP contribution in [0.5, 0.6) is 0 Å². The molecule has 1 unspecified atom stereocenters. The summed E-state index contributed by atoms with van der Waals surface area (Å²) >= 11 is 6.11. The van der Waals surface area contributed by atoms with E-state index in [1.807, 2.05) is 4.72 Å². The first-order chi connectivity index (χ1) is 13.2. The third kappa shape index (κ3) is 5.00. The molecule has 28 heavy (non-hydrogen) atoms. The van der Waals surface area contributed by atoms with Gasteiger partial charge < -0.3 is 4.90 Å². The lowest BCUT2D eigenvalue weighted by Crippen LogP contribution is -2.51. The van der Waals surface area contributed by atoms with Crippen LogP contribution in [0.3, 0.4) is 0 Å². The number of hydroxylamine groups is 1. The summed E-state index contributed by atoms with van der Waals surface area (Å²) in [5.41, 5.74) is 2.43. The number of sulfonamides is 1. The molecule has 3 amide bonds. The molecule has 2 aromatic carbocycles. The van der Waals surface area contributed by atoms with Crippen molar-refractivity contribution < 1.29 is 23.2 Å². The zero-order chi connectivity index (χ0) is 20.9. The largest absolute Gasteiger partial charge is 0.332 e. The number of carbonyl (C=O) groups is 2. The summed E-state index contributed by atoms with van der Waals surface area (Å²) in [5, 5.41) is 9.25. The fourth-order valence-electron chi connectivity index (χ4n) is 2.52. The first-order valence-corrected chi connectivity index (χ1v) is 10.1. The molecule has 0 radical (unpaired) electrons. The first-order valence-electron chi connectivity index (χ1n) is 8.23. The van der Waals surface area contributed by atoms with Gasteiger partial charge in [-0.05, 0) is 37.1 Å². The van der Waals surface area contributed by atoms with Gasteiger partial charge in [0.2, 0.25) is 0 Å². The SMILES string of the molecule is Cc1ccccc1S(=O)(=O)NC(=O)N(Cc1ccccc1Cl)C(C)C(=O)NO. The number of hydrogen-bond donors (Lipinski definition) is 3. The highest BCUT2D eigenvalue weighted by Gasteiger charge is 2.30. The number of amides is 3. The molecule has 0 aliphatic heterocycles. The molecule has 8 nitrogen and oxygen atoms in total. The van der Waals surface area contributed by atoms with E-state index in [2.05, 4.69) is 0 Å². The Morgan fingerprint density at radius 3 is 2.36 bits per heavy atom. The van der Waals surface area contributed by atoms with E-state index in [4.69, 9.17) is 16.8 Å². The quantitative estimate of drug-likeness (QED) is 0.485. The normalized spacial score (nSPS) is 12.1. The third-order valence-corrected chi connectivity index (χ3v) is 5.97. The molecule has 0 bridgehead atoms. The van der Waals surface area contributed by atoms with Gasteiger partial charge in [-0.3, -0.25) is 10.0 Å². The summed E-state index contributed by atoms with van der Waals surface area (Å²) in [5.74, 6) is -0.879. The van der Waals surface area contributed by atoms with Crippen molar-refractivity contribution in [3.8, 4) is 0 Å². The topological polar surface area (TPSA) is 116 Å². The van der Waals surface area contributed by atoms with Gasteiger partial charge in [0.05, 0.1) is 4.90 Å². The minimum absolute atomic E-state index is 0.0553. The molecule has 0 aliphatic carbocycles. The van der Waals surface area contributed by atoms with Gasteiger partial charge >= 0.3 is 6.03 Å². The molecular weight excluding hydrogens is 406 g/mol. The van der Waals surface area contributed by atoms with Gasteiger partial charge in [0.1, 0.15) is 6.04 Å². The van der Waals surface area contributed by atoms with Crippen molar-refractivity contribution in [2.45, 2.75) is 31.3 Å². The van der Waals surface area contributed by atoms with Crippen LogP contribution in [-0.2, 0) is 21.4 Å². The maximum absolute atomic E-state index is 12.8. The monoisotopic (exact) mass is 425 g/mol. The molecule has 0 aliphatic rings. The molecule has 0 fully saturated rings. The van der Waals surface area contributed by atoms with Crippen LogP contribution < -0.4 is 10.2 Å². The molecule has 0 saturated heterocycles. The second-order valence-electron chi connectivity index (χ2n) is 6.05. The van der Waals surface area contributed by atoms with Gasteiger partial charge in [0.25, 0.3) is 15.9 Å². The first kappa shape index (κ1) is 21.7. The van der Waals surface area contributed by atoms with E-state index in [-0.39, 0.29) is 11.4 Å². The smallest absolute Gasteiger partial charge is 0.308 e. The van der Waals surface area contributed by atoms with Gasteiger partial charge in [-0.2, -0.15) is 0 Å². The lowest BCUT2D eigenvalue weighted by Gasteiger charge is -2.28. The van der Waals surface area contributed by atoms with Gasteiger partial charge in [-0.25, -0.2) is 23.4 Å². The van der Waals surface area contributed by atoms with Crippen LogP contribution in [0.15, 0.2) is 53.4 Å². The summed E-state index contributed by atoms with van der Waals surface area (Å²) in [4.78, 5) is 25.5. The molecule has 0 saturated carbocycles. The predicted molar refractivity (Wildman–Crippen MR) is 103 cm³/mol. The molecule has 10 heteroatoms. The van der Waals surface area contributed by atoms with Crippen molar-refractivity contribution in [2.24, 2.45) is 0 Å². The fraction of sp³-hybridized carbons (Fsp3) is 0.222. The Morgan fingerprint density at radius 1 is 1.14 bits per heavy atom. The lowest BCUT2D eigenvalue weighted by molar-refractivity contribution is -0.133. The highest BCUT2D eigenvalue weighted by molar-refractivity contribution is 7.90. The van der Waals surface area contributed by atoms with Gasteiger partial charge in [-0.1, -0.05) is 48.0 Å². The Kier molecular flexibility index (Phi) is 7.00. The second-order valence-corrected chi connectivity index (χ2v) is 8.11. The van der Waals surface area contributed by atoms with Crippen molar-refractivity contribution in [1.29, 1.82) is 0 Å². The highest BCUT2D eigenvalue weighted by Crippen LogP contribution is 2.20. The van der Waals surface area contributed by atoms with Gasteiger partial charge in [0, 0.05) is 11.6 Å². The number of benzene rings is 2. The summed E-state index contributed by atoms with van der Waals surface area (Å²) in [6, 6.07) is 10.6. The molecule has 2 rings (SSSR count). The van der Waals surface area contributed by atoms with Crippen LogP contribution in [0.1, 0.15) is 18.1 Å². The predicted octanol–water partition coefficient (Wildman–Crippen LogP) is 2.44. The number of halogens is 1. The Balaban J connectivity index is 2.34. The van der Waals surface area contributed by atoms with Gasteiger partial charge in [-0.15, -0.1) is 0 Å². The number of nitrogens with one attached hydrogen (secondary N) is 2. The standard InChI is InChI=1S/C18H20ClN3O5S/c1-12-7-3-6-10-16(12)28(26,27)21-18(24)22(13(2)17(23)20-25)11-14-8-4-5-9-15(14)19/h3-10,13,25H,11H2,1-2H3,(H,20,23)(H,21,24). The summed E-state index contributed by atoms with van der Waals surface area (Å²) in [7, 11) is -4.17. The van der Waals surface area contributed by atoms with Crippen molar-refractivity contribution in [3.05, 3.63) is 64.7 Å². The molecular formula is C18H20ClN3O5S. The Morgan fingerprint density at radius 2 is 1.75 bits per heavy atom. The Hall–Kier alpha value is -2.62. The molecule has 1 atom stereocenters. The van der Waals surface area contributed by atoms with Crippen LogP contribution in [0.25, 0.3) is 0 Å². The van der Waals surface area contributed by atoms with Crippen molar-refractivity contribution in [1.82, 2.24) is 15.1 Å². The van der Waals surface area contributed by atoms with E-state index in [0.717, 1.165) is 4.90 Å². The van der Waals surface area contributed by atoms with Crippen molar-refractivity contribution in [3.63, 3.8) is 0 Å². The zero-order valence-electron chi connectivity index (χ0n) is 15.2. The Labute approximate surface area is 168 Å². The minimum Gasteiger partial charge on any atom is -0.308 e. The van der Waals surface area contributed by atoms with Crippen LogP contribution in [-0.4, -0.2) is 36.5 Å². The van der Waals surface area contributed by atoms with E-state index in [0.29, 0.717) is 16.1 Å². The third-order valence-electron chi connectivity index (χ3n) is 4.12. The number of nitrogens with zero attached hydrogens (tertiary/aromatic N) is 1. The molecule has 150 valence electrons. The van der Waals surface area contributed by atoms with Crippen LogP contribution in [0.2, 0.25) is 5.02 Å². The second kappa shape index (κ2) is 9.05. The van der Waals surface area contributed by atoms with Crippen LogP contribution in [0, 0.1) is 6.92 Å². The Bertz CT molecular complexity index is 981. The van der Waals surface area contributed by atoms with Crippen LogP contribution in [0.4, 0.5) is 4.79 Å². The summed E-state index contributed by atoms with van der Waals surface area (Å²) in [6.07, 6.45) is 0. The van der Waals surface area contributed by atoms with E-state index in [1.165, 1.54) is 24.5 Å². The van der Waals surface area contributed by atoms with E-state index >= 15 is 0 Å². The number of urea groups is 1. The minimum atomic E-state index is -4.17. The molecule has 3 N–H and O–H groups in total. The average molecular weight is 426 g/mol. The van der Waals surface area contributed by atoms with Crippen molar-refractivity contribution in [2.75, 3.05) is 0 Å². The molecule has 0 heterocycles. The lowest BCUT2D eigenvalue weighted by atomic mass is 10.2. The van der Waals surface area contributed by atoms with E-state index in [9.17, 15) is 18.0 Å². The fourth-order valence-corrected chi connectivity index (χ4v) is 3.92. The number of hydrogen-bond acceptors (Lipinski definition) is 5. The van der Waals surface area contributed by atoms with Crippen LogP contribution >= 0.6 is 11.6 Å². The average Bonchev–Trinajstić information content (AvgIpc) is 2.65. The van der Waals surface area contributed by atoms with E-state index in [1.54, 1.807) is 43.3 Å². The zero-order valence-corrected chi connectivity index (χ0v) is 16.8. The highest BCUT2D eigenvalue weighted by atomic mass is 35.5. The molecule has 0 aromatic heterocycles. The maximum atomic E-state index is 12.8. The van der Waals surface area contributed by atoms with Gasteiger partial charge in [0.15, 0.2) is 0 Å².